The molecule has 1 atom stereocenters. The number of carbonyl (C=O) groups excluding carboxylic acids is 1. The van der Waals surface area contributed by atoms with Crippen LogP contribution < -0.4 is 10.5 Å². The summed E-state index contributed by atoms with van der Waals surface area (Å²) in [5.74, 6) is -0.986. The average molecular weight is 344 g/mol. The maximum atomic E-state index is 13.8. The van der Waals surface area contributed by atoms with Crippen LogP contribution in [-0.4, -0.2) is 38.8 Å². The summed E-state index contributed by atoms with van der Waals surface area (Å²) in [6.07, 6.45) is 2.24. The number of carbonyl (C=O) groups is 1. The first-order chi connectivity index (χ1) is 10.8. The van der Waals surface area contributed by atoms with Gasteiger partial charge in [0.15, 0.2) is 11.6 Å². The van der Waals surface area contributed by atoms with E-state index in [0.717, 1.165) is 12.5 Å². The van der Waals surface area contributed by atoms with Crippen LogP contribution in [0.1, 0.15) is 25.7 Å². The van der Waals surface area contributed by atoms with Crippen LogP contribution in [0.4, 0.5) is 4.39 Å². The van der Waals surface area contributed by atoms with Crippen LogP contribution in [-0.2, 0) is 14.8 Å². The molecular weight excluding hydrogens is 323 g/mol. The lowest BCUT2D eigenvalue weighted by molar-refractivity contribution is -0.119. The van der Waals surface area contributed by atoms with E-state index in [1.165, 1.54) is 23.5 Å². The number of benzene rings is 1. The molecule has 1 amide bonds. The molecule has 1 fully saturated rings. The largest absolute Gasteiger partial charge is 0.494 e. The Morgan fingerprint density at radius 3 is 2.74 bits per heavy atom. The van der Waals surface area contributed by atoms with Crippen molar-refractivity contribution < 1.29 is 22.3 Å². The van der Waals surface area contributed by atoms with E-state index in [4.69, 9.17) is 10.5 Å². The van der Waals surface area contributed by atoms with Gasteiger partial charge in [0, 0.05) is 19.5 Å². The summed E-state index contributed by atoms with van der Waals surface area (Å²) in [5.41, 5.74) is 5.21. The standard InChI is InChI=1S/C15H21FN2O4S/c1-22-14-5-4-12(10-13(14)16)23(20,21)18-7-2-3-11(6-8-18)9-15(17)19/h4-5,10-11H,2-3,6-9H2,1H3,(H2,17,19). The first kappa shape index (κ1) is 17.7. The molecule has 1 aromatic rings. The van der Waals surface area contributed by atoms with E-state index in [-0.39, 0.29) is 28.9 Å². The number of hydrogen-bond donors (Lipinski definition) is 1. The average Bonchev–Trinajstić information content (AvgIpc) is 2.72. The highest BCUT2D eigenvalue weighted by Crippen LogP contribution is 2.27. The summed E-state index contributed by atoms with van der Waals surface area (Å²) in [4.78, 5) is 10.9. The molecular formula is C15H21FN2O4S. The predicted molar refractivity (Wildman–Crippen MR) is 82.9 cm³/mol. The van der Waals surface area contributed by atoms with Gasteiger partial charge in [-0.25, -0.2) is 12.8 Å². The van der Waals surface area contributed by atoms with Gasteiger partial charge in [0.2, 0.25) is 15.9 Å². The Morgan fingerprint density at radius 1 is 1.39 bits per heavy atom. The van der Waals surface area contributed by atoms with Crippen LogP contribution in [0.15, 0.2) is 23.1 Å². The Hall–Kier alpha value is -1.67. The minimum Gasteiger partial charge on any atom is -0.494 e. The summed E-state index contributed by atoms with van der Waals surface area (Å²) >= 11 is 0. The molecule has 0 saturated carbocycles. The van der Waals surface area contributed by atoms with E-state index in [1.54, 1.807) is 0 Å². The summed E-state index contributed by atoms with van der Waals surface area (Å²) in [5, 5.41) is 0. The van der Waals surface area contributed by atoms with Crippen molar-refractivity contribution in [2.75, 3.05) is 20.2 Å². The van der Waals surface area contributed by atoms with Gasteiger partial charge in [0.05, 0.1) is 12.0 Å². The van der Waals surface area contributed by atoms with Crippen molar-refractivity contribution in [3.63, 3.8) is 0 Å². The second-order valence-corrected chi connectivity index (χ2v) is 7.61. The Bertz CT molecular complexity index is 678. The Kier molecular flexibility index (Phi) is 5.59. The van der Waals surface area contributed by atoms with Crippen LogP contribution >= 0.6 is 0 Å². The predicted octanol–water partition coefficient (Wildman–Crippen LogP) is 1.50. The van der Waals surface area contributed by atoms with Crippen molar-refractivity contribution in [2.45, 2.75) is 30.6 Å². The van der Waals surface area contributed by atoms with Gasteiger partial charge in [-0.05, 0) is 43.4 Å². The van der Waals surface area contributed by atoms with Crippen molar-refractivity contribution in [1.82, 2.24) is 4.31 Å². The number of amides is 1. The smallest absolute Gasteiger partial charge is 0.243 e. The van der Waals surface area contributed by atoms with Crippen LogP contribution in [0.5, 0.6) is 5.75 Å². The molecule has 0 aliphatic carbocycles. The molecule has 6 nitrogen and oxygen atoms in total. The minimum atomic E-state index is -3.76. The lowest BCUT2D eigenvalue weighted by atomic mass is 9.97. The number of halogens is 1. The molecule has 8 heteroatoms. The molecule has 0 radical (unpaired) electrons. The van der Waals surface area contributed by atoms with Crippen molar-refractivity contribution >= 4 is 15.9 Å². The summed E-state index contributed by atoms with van der Waals surface area (Å²) in [6, 6.07) is 3.61. The van der Waals surface area contributed by atoms with Crippen molar-refractivity contribution in [3.05, 3.63) is 24.0 Å². The zero-order valence-electron chi connectivity index (χ0n) is 13.0. The van der Waals surface area contributed by atoms with Gasteiger partial charge < -0.3 is 10.5 Å². The third kappa shape index (κ3) is 4.20. The van der Waals surface area contributed by atoms with E-state index in [2.05, 4.69) is 0 Å². The number of methoxy groups -OCH3 is 1. The zero-order valence-corrected chi connectivity index (χ0v) is 13.8. The molecule has 1 unspecified atom stereocenters. The van der Waals surface area contributed by atoms with Gasteiger partial charge in [0.1, 0.15) is 0 Å². The monoisotopic (exact) mass is 344 g/mol. The molecule has 1 aliphatic heterocycles. The maximum absolute atomic E-state index is 13.8. The molecule has 1 aliphatic rings. The van der Waals surface area contributed by atoms with Gasteiger partial charge in [0.25, 0.3) is 0 Å². The third-order valence-electron chi connectivity index (χ3n) is 4.06. The molecule has 0 bridgehead atoms. The number of ether oxygens (including phenoxy) is 1. The number of rotatable bonds is 5. The van der Waals surface area contributed by atoms with Crippen LogP contribution in [0.25, 0.3) is 0 Å². The molecule has 128 valence electrons. The highest BCUT2D eigenvalue weighted by Gasteiger charge is 2.28. The quantitative estimate of drug-likeness (QED) is 0.876. The third-order valence-corrected chi connectivity index (χ3v) is 5.95. The number of nitrogens with two attached hydrogens (primary N) is 1. The molecule has 23 heavy (non-hydrogen) atoms. The minimum absolute atomic E-state index is 0.00124. The molecule has 2 N–H and O–H groups in total. The lowest BCUT2D eigenvalue weighted by Crippen LogP contribution is -2.32. The topological polar surface area (TPSA) is 89.7 Å². The second-order valence-electron chi connectivity index (χ2n) is 5.67. The van der Waals surface area contributed by atoms with Crippen LogP contribution in [0.3, 0.4) is 0 Å². The zero-order chi connectivity index (χ0) is 17.0. The lowest BCUT2D eigenvalue weighted by Gasteiger charge is -2.20. The Morgan fingerprint density at radius 2 is 2.13 bits per heavy atom. The van der Waals surface area contributed by atoms with Crippen molar-refractivity contribution in [2.24, 2.45) is 11.7 Å². The number of hydrogen-bond acceptors (Lipinski definition) is 4. The number of nitrogens with zero attached hydrogens (tertiary/aromatic N) is 1. The Labute approximate surface area is 135 Å². The highest BCUT2D eigenvalue weighted by atomic mass is 32.2. The van der Waals surface area contributed by atoms with Gasteiger partial charge in [-0.1, -0.05) is 0 Å². The summed E-state index contributed by atoms with van der Waals surface area (Å²) in [6.45, 7) is 0.652. The summed E-state index contributed by atoms with van der Waals surface area (Å²) in [7, 11) is -2.44. The fourth-order valence-corrected chi connectivity index (χ4v) is 4.33. The highest BCUT2D eigenvalue weighted by molar-refractivity contribution is 7.89. The Balaban J connectivity index is 2.16. The van der Waals surface area contributed by atoms with E-state index in [9.17, 15) is 17.6 Å². The summed E-state index contributed by atoms with van der Waals surface area (Å²) < 4.78 is 45.2. The van der Waals surface area contributed by atoms with Gasteiger partial charge in [-0.15, -0.1) is 0 Å². The fraction of sp³-hybridized carbons (Fsp3) is 0.533. The van der Waals surface area contributed by atoms with Crippen molar-refractivity contribution in [3.8, 4) is 5.75 Å². The van der Waals surface area contributed by atoms with Gasteiger partial charge in [-0.3, -0.25) is 4.79 Å². The van der Waals surface area contributed by atoms with E-state index >= 15 is 0 Å². The molecule has 0 spiro atoms. The number of sulfonamides is 1. The van der Waals surface area contributed by atoms with Crippen LogP contribution in [0, 0.1) is 11.7 Å². The first-order valence-corrected chi connectivity index (χ1v) is 8.90. The van der Waals surface area contributed by atoms with E-state index in [1.807, 2.05) is 0 Å². The van der Waals surface area contributed by atoms with Gasteiger partial charge in [-0.2, -0.15) is 4.31 Å². The molecule has 1 saturated heterocycles. The maximum Gasteiger partial charge on any atom is 0.243 e. The molecule has 1 heterocycles. The van der Waals surface area contributed by atoms with Crippen molar-refractivity contribution in [1.29, 1.82) is 0 Å². The molecule has 2 rings (SSSR count). The normalized spacial score (nSPS) is 20.0. The fourth-order valence-electron chi connectivity index (χ4n) is 2.82. The molecule has 0 aromatic heterocycles. The van der Waals surface area contributed by atoms with Gasteiger partial charge >= 0.3 is 0 Å². The first-order valence-electron chi connectivity index (χ1n) is 7.46. The van der Waals surface area contributed by atoms with E-state index < -0.39 is 15.8 Å². The molecule has 1 aromatic carbocycles. The van der Waals surface area contributed by atoms with E-state index in [0.29, 0.717) is 25.9 Å². The second kappa shape index (κ2) is 7.27. The van der Waals surface area contributed by atoms with Crippen LogP contribution in [0.2, 0.25) is 0 Å². The SMILES string of the molecule is COc1ccc(S(=O)(=O)N2CCCC(CC(N)=O)CC2)cc1F. The number of primary amides is 1.